The molecule has 1 aromatic carbocycles. The Morgan fingerprint density at radius 1 is 1.26 bits per heavy atom. The van der Waals surface area contributed by atoms with Crippen LogP contribution in [0.4, 0.5) is 18.9 Å². The van der Waals surface area contributed by atoms with E-state index in [0.717, 1.165) is 19.3 Å². The van der Waals surface area contributed by atoms with E-state index in [9.17, 15) is 27.9 Å². The average Bonchev–Trinajstić information content (AvgIpc) is 2.83. The van der Waals surface area contributed by atoms with Crippen molar-refractivity contribution in [2.75, 3.05) is 45.7 Å². The Morgan fingerprint density at radius 2 is 1.97 bits per heavy atom. The van der Waals surface area contributed by atoms with E-state index in [1.54, 1.807) is 17.9 Å². The summed E-state index contributed by atoms with van der Waals surface area (Å²) in [6.45, 7) is 6.93. The van der Waals surface area contributed by atoms with Crippen LogP contribution in [-0.2, 0) is 9.53 Å². The molecule has 0 saturated carbocycles. The standard InChI is InChI=1S/C27H42F3N3O5/c1-18-15-33(19(2)17-34)26(36)22-14-21(31-25(35)11-12-27(28,29)30)9-10-23(22)38-20(3)8-6-7-13-37-24(18)16-32(4)5/h9-10,14,18-20,24,34H,6-8,11-13,15-17H2,1-5H3,(H,31,35)/t18-,19+,20+,24+/m1/s1. The number of carbonyl (C=O) groups is 2. The van der Waals surface area contributed by atoms with E-state index in [1.807, 2.05) is 32.8 Å². The molecule has 0 bridgehead atoms. The zero-order valence-electron chi connectivity index (χ0n) is 23.0. The van der Waals surface area contributed by atoms with Crippen molar-refractivity contribution >= 4 is 17.5 Å². The number of aliphatic hydroxyl groups is 1. The van der Waals surface area contributed by atoms with Crippen molar-refractivity contribution in [1.29, 1.82) is 0 Å². The van der Waals surface area contributed by atoms with Gasteiger partial charge in [0.15, 0.2) is 0 Å². The third kappa shape index (κ3) is 10.4. The number of hydrogen-bond donors (Lipinski definition) is 2. The zero-order valence-corrected chi connectivity index (χ0v) is 23.0. The van der Waals surface area contributed by atoms with Gasteiger partial charge in [-0.1, -0.05) is 6.92 Å². The summed E-state index contributed by atoms with van der Waals surface area (Å²) in [7, 11) is 3.92. The fourth-order valence-corrected chi connectivity index (χ4v) is 4.30. The van der Waals surface area contributed by atoms with Gasteiger partial charge in [0.1, 0.15) is 5.75 Å². The number of ether oxygens (including phenoxy) is 2. The lowest BCUT2D eigenvalue weighted by Gasteiger charge is -2.35. The smallest absolute Gasteiger partial charge is 0.389 e. The van der Waals surface area contributed by atoms with Crippen LogP contribution in [0.25, 0.3) is 0 Å². The number of nitrogens with zero attached hydrogens (tertiary/aromatic N) is 2. The van der Waals surface area contributed by atoms with Crippen molar-refractivity contribution in [2.45, 2.75) is 77.3 Å². The summed E-state index contributed by atoms with van der Waals surface area (Å²) >= 11 is 0. The van der Waals surface area contributed by atoms with Crippen LogP contribution in [0.2, 0.25) is 0 Å². The van der Waals surface area contributed by atoms with Crippen LogP contribution in [0, 0.1) is 5.92 Å². The highest BCUT2D eigenvalue weighted by Crippen LogP contribution is 2.29. The number of rotatable bonds is 7. The molecule has 216 valence electrons. The summed E-state index contributed by atoms with van der Waals surface area (Å²) in [4.78, 5) is 29.6. The largest absolute Gasteiger partial charge is 0.490 e. The monoisotopic (exact) mass is 545 g/mol. The van der Waals surface area contributed by atoms with Gasteiger partial charge in [-0.3, -0.25) is 9.59 Å². The molecular weight excluding hydrogens is 503 g/mol. The number of hydrogen-bond acceptors (Lipinski definition) is 6. The van der Waals surface area contributed by atoms with Crippen LogP contribution < -0.4 is 10.1 Å². The van der Waals surface area contributed by atoms with Crippen molar-refractivity contribution in [3.63, 3.8) is 0 Å². The zero-order chi connectivity index (χ0) is 28.5. The lowest BCUT2D eigenvalue weighted by atomic mass is 10.0. The van der Waals surface area contributed by atoms with Crippen LogP contribution >= 0.6 is 0 Å². The first-order valence-electron chi connectivity index (χ1n) is 13.2. The van der Waals surface area contributed by atoms with Crippen molar-refractivity contribution in [3.05, 3.63) is 23.8 Å². The van der Waals surface area contributed by atoms with Gasteiger partial charge in [0, 0.05) is 37.7 Å². The highest BCUT2D eigenvalue weighted by molar-refractivity contribution is 5.99. The Labute approximate surface area is 223 Å². The van der Waals surface area contributed by atoms with Crippen LogP contribution in [0.5, 0.6) is 5.75 Å². The van der Waals surface area contributed by atoms with Crippen LogP contribution in [0.1, 0.15) is 63.2 Å². The van der Waals surface area contributed by atoms with Crippen LogP contribution in [0.15, 0.2) is 18.2 Å². The Bertz CT molecular complexity index is 912. The molecule has 8 nitrogen and oxygen atoms in total. The van der Waals surface area contributed by atoms with Gasteiger partial charge < -0.3 is 29.7 Å². The molecule has 0 saturated heterocycles. The van der Waals surface area contributed by atoms with E-state index in [-0.39, 0.29) is 36.0 Å². The first-order valence-corrected chi connectivity index (χ1v) is 13.2. The Kier molecular flexibility index (Phi) is 12.3. The number of aliphatic hydroxyl groups excluding tert-OH is 1. The molecule has 0 radical (unpaired) electrons. The SMILES string of the molecule is C[C@@H]1CN([C@@H](C)CO)C(=O)c2cc(NC(=O)CCC(F)(F)F)ccc2O[C@@H](C)CCCCO[C@H]1CN(C)C. The number of fused-ring (bicyclic) bond motifs is 1. The second kappa shape index (κ2) is 14.7. The van der Waals surface area contributed by atoms with E-state index in [2.05, 4.69) is 5.32 Å². The maximum absolute atomic E-state index is 13.9. The third-order valence-electron chi connectivity index (χ3n) is 6.52. The molecule has 0 fully saturated rings. The van der Waals surface area contributed by atoms with E-state index >= 15 is 0 Å². The molecule has 2 amide bonds. The number of nitrogens with one attached hydrogen (secondary N) is 1. The topological polar surface area (TPSA) is 91.3 Å². The molecule has 11 heteroatoms. The molecule has 0 aliphatic carbocycles. The van der Waals surface area contributed by atoms with Crippen molar-refractivity contribution in [3.8, 4) is 5.75 Å². The first kappa shape index (κ1) is 31.8. The summed E-state index contributed by atoms with van der Waals surface area (Å²) in [5.41, 5.74) is 0.361. The lowest BCUT2D eigenvalue weighted by Crippen LogP contribution is -2.47. The molecular formula is C27H42F3N3O5. The third-order valence-corrected chi connectivity index (χ3v) is 6.52. The minimum absolute atomic E-state index is 0.0631. The number of halogens is 3. The predicted octanol–water partition coefficient (Wildman–Crippen LogP) is 4.32. The normalized spacial score (nSPS) is 22.8. The minimum atomic E-state index is -4.44. The van der Waals surface area contributed by atoms with E-state index in [4.69, 9.17) is 9.47 Å². The number of amides is 2. The fraction of sp³-hybridized carbons (Fsp3) is 0.704. The molecule has 4 atom stereocenters. The molecule has 2 N–H and O–H groups in total. The van der Waals surface area contributed by atoms with Gasteiger partial charge in [-0.15, -0.1) is 0 Å². The number of alkyl halides is 3. The molecule has 1 aliphatic rings. The molecule has 0 unspecified atom stereocenters. The summed E-state index contributed by atoms with van der Waals surface area (Å²) in [6, 6.07) is 3.97. The molecule has 38 heavy (non-hydrogen) atoms. The van der Waals surface area contributed by atoms with Crippen molar-refractivity contribution in [2.24, 2.45) is 5.92 Å². The van der Waals surface area contributed by atoms with E-state index < -0.39 is 36.9 Å². The summed E-state index contributed by atoms with van der Waals surface area (Å²) < 4.78 is 49.9. The van der Waals surface area contributed by atoms with E-state index in [0.29, 0.717) is 25.4 Å². The number of carbonyl (C=O) groups excluding carboxylic acids is 2. The fourth-order valence-electron chi connectivity index (χ4n) is 4.30. The number of benzene rings is 1. The number of anilines is 1. The summed E-state index contributed by atoms with van der Waals surface area (Å²) in [5.74, 6) is -0.959. The molecule has 1 aliphatic heterocycles. The van der Waals surface area contributed by atoms with Gasteiger partial charge in [-0.2, -0.15) is 13.2 Å². The molecule has 2 rings (SSSR count). The maximum Gasteiger partial charge on any atom is 0.389 e. The summed E-state index contributed by atoms with van der Waals surface area (Å²) in [6.07, 6.45) is -4.29. The second-order valence-corrected chi connectivity index (χ2v) is 10.4. The average molecular weight is 546 g/mol. The van der Waals surface area contributed by atoms with Crippen LogP contribution in [0.3, 0.4) is 0 Å². The number of likely N-dealkylation sites (N-methyl/N-ethyl adjacent to an activating group) is 1. The molecule has 0 spiro atoms. The predicted molar refractivity (Wildman–Crippen MR) is 139 cm³/mol. The van der Waals surface area contributed by atoms with Gasteiger partial charge in [0.2, 0.25) is 5.91 Å². The lowest BCUT2D eigenvalue weighted by molar-refractivity contribution is -0.142. The van der Waals surface area contributed by atoms with Gasteiger partial charge in [0.05, 0.1) is 36.8 Å². The second-order valence-electron chi connectivity index (χ2n) is 10.4. The highest BCUT2D eigenvalue weighted by Gasteiger charge is 2.31. The maximum atomic E-state index is 13.9. The summed E-state index contributed by atoms with van der Waals surface area (Å²) in [5, 5.41) is 12.4. The molecule has 1 aromatic rings. The van der Waals surface area contributed by atoms with Gasteiger partial charge >= 0.3 is 6.18 Å². The first-order chi connectivity index (χ1) is 17.8. The quantitative estimate of drug-likeness (QED) is 0.530. The molecule has 1 heterocycles. The Hall–Kier alpha value is -2.37. The van der Waals surface area contributed by atoms with Gasteiger partial charge in [0.25, 0.3) is 5.91 Å². The Morgan fingerprint density at radius 3 is 2.61 bits per heavy atom. The van der Waals surface area contributed by atoms with Crippen molar-refractivity contribution in [1.82, 2.24) is 9.80 Å². The minimum Gasteiger partial charge on any atom is -0.490 e. The van der Waals surface area contributed by atoms with Crippen LogP contribution in [-0.4, -0.2) is 91.5 Å². The highest BCUT2D eigenvalue weighted by atomic mass is 19.4. The van der Waals surface area contributed by atoms with Gasteiger partial charge in [-0.25, -0.2) is 0 Å². The van der Waals surface area contributed by atoms with Crippen molar-refractivity contribution < 1.29 is 37.3 Å². The van der Waals surface area contributed by atoms with Gasteiger partial charge in [-0.05, 0) is 65.4 Å². The molecule has 0 aromatic heterocycles. The van der Waals surface area contributed by atoms with E-state index in [1.165, 1.54) is 12.1 Å². The Balaban J connectivity index is 2.43.